The van der Waals surface area contributed by atoms with Gasteiger partial charge in [0.25, 0.3) is 0 Å². The number of nitrogens with zero attached hydrogens (tertiary/aromatic N) is 3. The minimum atomic E-state index is 0.626. The van der Waals surface area contributed by atoms with Crippen molar-refractivity contribution in [1.82, 2.24) is 15.0 Å². The first-order valence-electron chi connectivity index (χ1n) is 10.6. The number of rotatable bonds is 2. The average Bonchev–Trinajstić information content (AvgIpc) is 3.14. The van der Waals surface area contributed by atoms with Crippen molar-refractivity contribution in [3.8, 4) is 22.8 Å². The average molecular weight is 396 g/mol. The maximum absolute atomic E-state index is 6.27. The van der Waals surface area contributed by atoms with Crippen LogP contribution >= 0.6 is 0 Å². The zero-order valence-electron chi connectivity index (χ0n) is 18.8. The van der Waals surface area contributed by atoms with E-state index in [0.29, 0.717) is 11.6 Å². The monoisotopic (exact) mass is 397 g/mol. The molecule has 0 saturated heterocycles. The lowest BCUT2D eigenvalue weighted by Crippen LogP contribution is -2.55. The van der Waals surface area contributed by atoms with Gasteiger partial charge in [0, 0.05) is 16.3 Å². The summed E-state index contributed by atoms with van der Waals surface area (Å²) in [6.45, 7) is 2.07. The molecule has 0 atom stereocenters. The highest BCUT2D eigenvalue weighted by molar-refractivity contribution is 6.68. The highest BCUT2D eigenvalue weighted by Crippen LogP contribution is 2.35. The van der Waals surface area contributed by atoms with E-state index >= 15 is 0 Å². The zero-order valence-corrected chi connectivity index (χ0v) is 18.8. The molecule has 0 unspecified atom stereocenters. The van der Waals surface area contributed by atoms with Crippen molar-refractivity contribution >= 4 is 88.5 Å². The summed E-state index contributed by atoms with van der Waals surface area (Å²) in [5.74, 6) is 1.33. The second-order valence-electron chi connectivity index (χ2n) is 8.42. The van der Waals surface area contributed by atoms with Crippen LogP contribution in [0.4, 0.5) is 0 Å². The fourth-order valence-corrected chi connectivity index (χ4v) is 4.46. The molecule has 4 nitrogen and oxygen atoms in total. The van der Waals surface area contributed by atoms with E-state index in [1.54, 1.807) is 6.33 Å². The Hall–Kier alpha value is -3.21. The molecule has 0 fully saturated rings. The highest BCUT2D eigenvalue weighted by Gasteiger charge is 2.18. The SMILES string of the molecule is Bc1c(B)c(B)c(-c2ncnc(-c3cccc4c3oc3cc(C)ccc34)n2)c(B)c1B. The van der Waals surface area contributed by atoms with Gasteiger partial charge in [0.05, 0.1) is 5.56 Å². The van der Waals surface area contributed by atoms with Crippen LogP contribution in [0.25, 0.3) is 44.7 Å². The van der Waals surface area contributed by atoms with Crippen LogP contribution in [0.5, 0.6) is 0 Å². The lowest BCUT2D eigenvalue weighted by molar-refractivity contribution is 0.669. The third kappa shape index (κ3) is 3.02. The van der Waals surface area contributed by atoms with Gasteiger partial charge in [-0.05, 0) is 24.6 Å². The molecule has 9 heteroatoms. The summed E-state index contributed by atoms with van der Waals surface area (Å²) >= 11 is 0. The number of furan rings is 1. The largest absolute Gasteiger partial charge is 0.455 e. The summed E-state index contributed by atoms with van der Waals surface area (Å²) in [5, 5.41) is 2.18. The summed E-state index contributed by atoms with van der Waals surface area (Å²) in [6, 6.07) is 12.4. The Morgan fingerprint density at radius 2 is 1.42 bits per heavy atom. The minimum Gasteiger partial charge on any atom is -0.455 e. The van der Waals surface area contributed by atoms with Gasteiger partial charge in [-0.25, -0.2) is 15.0 Å². The summed E-state index contributed by atoms with van der Waals surface area (Å²) in [7, 11) is 10.8. The Morgan fingerprint density at radius 1 is 0.742 bits per heavy atom. The molecule has 2 aromatic heterocycles. The Morgan fingerprint density at radius 3 is 2.16 bits per heavy atom. The van der Waals surface area contributed by atoms with E-state index in [4.69, 9.17) is 9.40 Å². The molecule has 0 spiro atoms. The van der Waals surface area contributed by atoms with Crippen LogP contribution in [0.3, 0.4) is 0 Å². The topological polar surface area (TPSA) is 51.8 Å². The molecule has 0 bridgehead atoms. The standard InChI is InChI=1S/C22H20B5N3O/c1-9-5-6-10-11-3-2-4-12(20(11)31-13(10)7-9)21-28-8-29-22(30-21)14-15(23)17(25)19(27)18(26)16(14)24/h2-8H,23-27H2,1H3. The number of aromatic nitrogens is 3. The molecule has 2 heterocycles. The van der Waals surface area contributed by atoms with Crippen LogP contribution in [-0.4, -0.2) is 54.2 Å². The number of fused-ring (bicyclic) bond motifs is 3. The van der Waals surface area contributed by atoms with E-state index < -0.39 is 0 Å². The molecular weight excluding hydrogens is 376 g/mol. The molecule has 0 radical (unpaired) electrons. The van der Waals surface area contributed by atoms with Crippen LogP contribution in [0.1, 0.15) is 5.56 Å². The fraction of sp³-hybridized carbons (Fsp3) is 0.0455. The lowest BCUT2D eigenvalue weighted by atomic mass is 9.60. The molecule has 0 N–H and O–H groups in total. The van der Waals surface area contributed by atoms with Crippen LogP contribution in [0, 0.1) is 6.92 Å². The molecule has 0 aliphatic rings. The second kappa shape index (κ2) is 7.19. The third-order valence-corrected chi connectivity index (χ3v) is 6.69. The normalized spacial score (nSPS) is 11.4. The van der Waals surface area contributed by atoms with Crippen molar-refractivity contribution in [2.45, 2.75) is 6.92 Å². The van der Waals surface area contributed by atoms with Gasteiger partial charge in [0.1, 0.15) is 56.7 Å². The molecular formula is C22H20B5N3O. The van der Waals surface area contributed by atoms with Crippen molar-refractivity contribution in [3.63, 3.8) is 0 Å². The van der Waals surface area contributed by atoms with Gasteiger partial charge in [-0.15, -0.1) is 16.4 Å². The maximum Gasteiger partial charge on any atom is 0.167 e. The van der Waals surface area contributed by atoms with Crippen molar-refractivity contribution < 1.29 is 4.42 Å². The van der Waals surface area contributed by atoms with Gasteiger partial charge in [-0.2, -0.15) is 0 Å². The maximum atomic E-state index is 6.27. The van der Waals surface area contributed by atoms with Gasteiger partial charge < -0.3 is 4.42 Å². The Bertz CT molecular complexity index is 1480. The Labute approximate surface area is 185 Å². The van der Waals surface area contributed by atoms with Crippen LogP contribution < -0.4 is 27.3 Å². The summed E-state index contributed by atoms with van der Waals surface area (Å²) in [6.07, 6.45) is 1.60. The van der Waals surface area contributed by atoms with Crippen LogP contribution in [-0.2, 0) is 0 Å². The zero-order chi connectivity index (χ0) is 21.9. The number of benzene rings is 3. The molecule has 31 heavy (non-hydrogen) atoms. The van der Waals surface area contributed by atoms with Gasteiger partial charge in [0.2, 0.25) is 0 Å². The number of para-hydroxylation sites is 1. The van der Waals surface area contributed by atoms with Gasteiger partial charge >= 0.3 is 0 Å². The fourth-order valence-electron chi connectivity index (χ4n) is 4.46. The first-order valence-corrected chi connectivity index (χ1v) is 10.6. The van der Waals surface area contributed by atoms with E-state index in [1.807, 2.05) is 12.1 Å². The van der Waals surface area contributed by atoms with E-state index in [0.717, 1.165) is 33.1 Å². The predicted octanol–water partition coefficient (Wildman–Crippen LogP) is -3.29. The summed E-state index contributed by atoms with van der Waals surface area (Å²) in [4.78, 5) is 14.0. The van der Waals surface area contributed by atoms with E-state index in [1.165, 1.54) is 32.9 Å². The van der Waals surface area contributed by atoms with E-state index in [2.05, 4.69) is 80.4 Å². The molecule has 5 aromatic rings. The molecule has 0 saturated carbocycles. The number of hydrogen-bond donors (Lipinski definition) is 0. The van der Waals surface area contributed by atoms with Crippen molar-refractivity contribution in [3.05, 3.63) is 48.3 Å². The predicted molar refractivity (Wildman–Crippen MR) is 144 cm³/mol. The lowest BCUT2D eigenvalue weighted by Gasteiger charge is -2.19. The van der Waals surface area contributed by atoms with Crippen molar-refractivity contribution in [2.24, 2.45) is 0 Å². The van der Waals surface area contributed by atoms with E-state index in [-0.39, 0.29) is 0 Å². The number of aryl methyl sites for hydroxylation is 1. The van der Waals surface area contributed by atoms with Crippen LogP contribution in [0.15, 0.2) is 47.1 Å². The number of hydrogen-bond acceptors (Lipinski definition) is 4. The van der Waals surface area contributed by atoms with Crippen LogP contribution in [0.2, 0.25) is 0 Å². The molecule has 5 rings (SSSR count). The van der Waals surface area contributed by atoms with Crippen molar-refractivity contribution in [2.75, 3.05) is 0 Å². The second-order valence-corrected chi connectivity index (χ2v) is 8.42. The van der Waals surface area contributed by atoms with Gasteiger partial charge in [-0.1, -0.05) is 35.2 Å². The molecule has 0 aliphatic carbocycles. The molecule has 144 valence electrons. The summed E-state index contributed by atoms with van der Waals surface area (Å²) in [5.41, 5.74) is 11.2. The summed E-state index contributed by atoms with van der Waals surface area (Å²) < 4.78 is 6.27. The van der Waals surface area contributed by atoms with Crippen molar-refractivity contribution in [1.29, 1.82) is 0 Å². The molecule has 0 amide bonds. The first-order chi connectivity index (χ1) is 14.9. The van der Waals surface area contributed by atoms with Gasteiger partial charge in [-0.3, -0.25) is 0 Å². The van der Waals surface area contributed by atoms with Gasteiger partial charge in [0.15, 0.2) is 11.6 Å². The Balaban J connectivity index is 1.74. The highest BCUT2D eigenvalue weighted by atomic mass is 16.3. The molecule has 0 aliphatic heterocycles. The van der Waals surface area contributed by atoms with E-state index in [9.17, 15) is 0 Å². The first kappa shape index (κ1) is 19.7. The molecule has 3 aromatic carbocycles. The Kier molecular flexibility index (Phi) is 4.58. The third-order valence-electron chi connectivity index (χ3n) is 6.69. The quantitative estimate of drug-likeness (QED) is 0.294. The minimum absolute atomic E-state index is 0.626. The smallest absolute Gasteiger partial charge is 0.167 e.